The van der Waals surface area contributed by atoms with Crippen molar-refractivity contribution >= 4 is 34.6 Å². The molecule has 0 bridgehead atoms. The number of carbonyl (C=O) groups is 1. The molecule has 0 unspecified atom stereocenters. The number of hydrogen-bond donors (Lipinski definition) is 1. The van der Waals surface area contributed by atoms with Crippen molar-refractivity contribution in [3.8, 4) is 0 Å². The Morgan fingerprint density at radius 3 is 2.82 bits per heavy atom. The highest BCUT2D eigenvalue weighted by Crippen LogP contribution is 2.21. The van der Waals surface area contributed by atoms with Crippen LogP contribution in [-0.2, 0) is 6.42 Å². The molecule has 112 valence electrons. The molecule has 0 spiro atoms. The molecule has 0 aliphatic carbocycles. The number of hydrogen-bond acceptors (Lipinski definition) is 2. The lowest BCUT2D eigenvalue weighted by Gasteiger charge is -2.04. The van der Waals surface area contributed by atoms with Crippen molar-refractivity contribution in [3.05, 3.63) is 70.0 Å². The van der Waals surface area contributed by atoms with Gasteiger partial charge in [-0.1, -0.05) is 41.4 Å². The van der Waals surface area contributed by atoms with Crippen molar-refractivity contribution in [2.45, 2.75) is 6.42 Å². The fourth-order valence-electron chi connectivity index (χ4n) is 2.21. The van der Waals surface area contributed by atoms with Gasteiger partial charge in [0.1, 0.15) is 0 Å². The molecule has 6 heteroatoms. The molecular formula is C16H13Cl2N3O. The molecule has 0 radical (unpaired) electrons. The monoisotopic (exact) mass is 333 g/mol. The number of nitrogens with one attached hydrogen (secondary N) is 1. The fraction of sp³-hybridized carbons (Fsp3) is 0.125. The lowest BCUT2D eigenvalue weighted by Crippen LogP contribution is -2.26. The van der Waals surface area contributed by atoms with Gasteiger partial charge in [0.2, 0.25) is 0 Å². The van der Waals surface area contributed by atoms with E-state index in [2.05, 4.69) is 10.4 Å². The second-order valence-corrected chi connectivity index (χ2v) is 5.64. The van der Waals surface area contributed by atoms with Gasteiger partial charge in [-0.2, -0.15) is 5.10 Å². The van der Waals surface area contributed by atoms with E-state index in [1.54, 1.807) is 10.7 Å². The van der Waals surface area contributed by atoms with Crippen molar-refractivity contribution in [2.75, 3.05) is 6.54 Å². The Morgan fingerprint density at radius 1 is 1.18 bits per heavy atom. The topological polar surface area (TPSA) is 46.4 Å². The van der Waals surface area contributed by atoms with Gasteiger partial charge in [0.25, 0.3) is 5.91 Å². The average Bonchev–Trinajstić information content (AvgIpc) is 2.85. The number of amides is 1. The minimum absolute atomic E-state index is 0.235. The summed E-state index contributed by atoms with van der Waals surface area (Å²) in [5.74, 6) is -0.282. The molecule has 0 aliphatic heterocycles. The van der Waals surface area contributed by atoms with Crippen LogP contribution in [0.25, 0.3) is 5.52 Å². The summed E-state index contributed by atoms with van der Waals surface area (Å²) in [6.07, 6.45) is 2.45. The Kier molecular flexibility index (Phi) is 4.32. The summed E-state index contributed by atoms with van der Waals surface area (Å²) in [6, 6.07) is 13.1. The molecule has 0 saturated heterocycles. The molecule has 0 atom stereocenters. The van der Waals surface area contributed by atoms with Crippen LogP contribution in [-0.4, -0.2) is 22.1 Å². The van der Waals surface area contributed by atoms with Gasteiger partial charge in [0.15, 0.2) is 5.69 Å². The Hall–Kier alpha value is -2.04. The maximum Gasteiger partial charge on any atom is 0.273 e. The smallest absolute Gasteiger partial charge is 0.273 e. The minimum atomic E-state index is -0.282. The number of rotatable bonds is 4. The van der Waals surface area contributed by atoms with Crippen molar-refractivity contribution in [1.82, 2.24) is 14.9 Å². The summed E-state index contributed by atoms with van der Waals surface area (Å²) >= 11 is 12.1. The van der Waals surface area contributed by atoms with Gasteiger partial charge >= 0.3 is 0 Å². The molecule has 2 aromatic heterocycles. The average molecular weight is 334 g/mol. The van der Waals surface area contributed by atoms with Crippen molar-refractivity contribution in [3.63, 3.8) is 0 Å². The van der Waals surface area contributed by atoms with Crippen LogP contribution >= 0.6 is 23.2 Å². The largest absolute Gasteiger partial charge is 0.350 e. The van der Waals surface area contributed by atoms with E-state index in [1.807, 2.05) is 42.5 Å². The quantitative estimate of drug-likeness (QED) is 0.792. The van der Waals surface area contributed by atoms with Crippen LogP contribution < -0.4 is 5.32 Å². The number of aromatic nitrogens is 2. The van der Waals surface area contributed by atoms with E-state index in [0.717, 1.165) is 5.56 Å². The van der Waals surface area contributed by atoms with Crippen LogP contribution in [0.4, 0.5) is 0 Å². The van der Waals surface area contributed by atoms with Gasteiger partial charge in [-0.3, -0.25) is 4.79 Å². The lowest BCUT2D eigenvalue weighted by molar-refractivity contribution is 0.0949. The van der Waals surface area contributed by atoms with Gasteiger partial charge in [-0.05, 0) is 36.2 Å². The Labute approximate surface area is 137 Å². The van der Waals surface area contributed by atoms with Crippen LogP contribution in [0.15, 0.2) is 48.7 Å². The number of benzene rings is 1. The molecule has 1 aromatic carbocycles. The van der Waals surface area contributed by atoms with Gasteiger partial charge in [-0.25, -0.2) is 4.52 Å². The van der Waals surface area contributed by atoms with Crippen LogP contribution in [0.3, 0.4) is 0 Å². The molecule has 3 rings (SSSR count). The Morgan fingerprint density at radius 2 is 2.05 bits per heavy atom. The Balaban J connectivity index is 1.67. The zero-order valence-electron chi connectivity index (χ0n) is 11.6. The van der Waals surface area contributed by atoms with E-state index in [0.29, 0.717) is 28.5 Å². The standard InChI is InChI=1S/C16H13Cl2N3O/c17-12-5-3-4-11(10-12)7-8-19-16(22)15-14(18)13-6-1-2-9-21(13)20-15/h1-6,9-10H,7-8H2,(H,19,22). The molecule has 22 heavy (non-hydrogen) atoms. The first-order valence-electron chi connectivity index (χ1n) is 6.80. The van der Waals surface area contributed by atoms with Crippen LogP contribution in [0.2, 0.25) is 10.0 Å². The zero-order chi connectivity index (χ0) is 15.5. The molecule has 1 N–H and O–H groups in total. The number of nitrogens with zero attached hydrogens (tertiary/aromatic N) is 2. The van der Waals surface area contributed by atoms with E-state index in [9.17, 15) is 4.79 Å². The van der Waals surface area contributed by atoms with Crippen molar-refractivity contribution < 1.29 is 4.79 Å². The summed E-state index contributed by atoms with van der Waals surface area (Å²) in [5.41, 5.74) is 2.01. The van der Waals surface area contributed by atoms with E-state index >= 15 is 0 Å². The fourth-order valence-corrected chi connectivity index (χ4v) is 2.70. The summed E-state index contributed by atoms with van der Waals surface area (Å²) < 4.78 is 1.59. The van der Waals surface area contributed by atoms with Gasteiger partial charge in [-0.15, -0.1) is 0 Å². The molecule has 3 aromatic rings. The normalized spacial score (nSPS) is 10.8. The molecular weight excluding hydrogens is 321 g/mol. The zero-order valence-corrected chi connectivity index (χ0v) is 13.1. The van der Waals surface area contributed by atoms with E-state index in [1.165, 1.54) is 0 Å². The van der Waals surface area contributed by atoms with E-state index in [-0.39, 0.29) is 11.6 Å². The van der Waals surface area contributed by atoms with Crippen molar-refractivity contribution in [2.24, 2.45) is 0 Å². The number of halogens is 2. The molecule has 2 heterocycles. The second kappa shape index (κ2) is 6.38. The number of pyridine rings is 1. The third-order valence-corrected chi connectivity index (χ3v) is 3.89. The summed E-state index contributed by atoms with van der Waals surface area (Å²) in [4.78, 5) is 12.2. The summed E-state index contributed by atoms with van der Waals surface area (Å²) in [5, 5.41) is 8.08. The predicted molar refractivity (Wildman–Crippen MR) is 87.7 cm³/mol. The third-order valence-electron chi connectivity index (χ3n) is 3.28. The lowest BCUT2D eigenvalue weighted by atomic mass is 10.1. The van der Waals surface area contributed by atoms with Crippen LogP contribution in [0, 0.1) is 0 Å². The predicted octanol–water partition coefficient (Wildman–Crippen LogP) is 3.61. The van der Waals surface area contributed by atoms with Gasteiger partial charge in [0.05, 0.1) is 10.5 Å². The van der Waals surface area contributed by atoms with E-state index < -0.39 is 0 Å². The summed E-state index contributed by atoms with van der Waals surface area (Å²) in [6.45, 7) is 0.489. The molecule has 0 fully saturated rings. The van der Waals surface area contributed by atoms with Gasteiger partial charge in [0, 0.05) is 17.8 Å². The Bertz CT molecular complexity index is 829. The third kappa shape index (κ3) is 3.08. The second-order valence-electron chi connectivity index (χ2n) is 4.83. The molecule has 1 amide bonds. The van der Waals surface area contributed by atoms with Crippen LogP contribution in [0.5, 0.6) is 0 Å². The van der Waals surface area contributed by atoms with Crippen LogP contribution in [0.1, 0.15) is 16.1 Å². The SMILES string of the molecule is O=C(NCCc1cccc(Cl)c1)c1nn2ccccc2c1Cl. The number of fused-ring (bicyclic) bond motifs is 1. The highest BCUT2D eigenvalue weighted by molar-refractivity contribution is 6.36. The molecule has 4 nitrogen and oxygen atoms in total. The number of carbonyl (C=O) groups excluding carboxylic acids is 1. The maximum atomic E-state index is 12.2. The molecule has 0 aliphatic rings. The first kappa shape index (κ1) is 14.9. The van der Waals surface area contributed by atoms with Crippen molar-refractivity contribution in [1.29, 1.82) is 0 Å². The molecule has 0 saturated carbocycles. The maximum absolute atomic E-state index is 12.2. The highest BCUT2D eigenvalue weighted by atomic mass is 35.5. The van der Waals surface area contributed by atoms with E-state index in [4.69, 9.17) is 23.2 Å². The summed E-state index contributed by atoms with van der Waals surface area (Å²) in [7, 11) is 0. The minimum Gasteiger partial charge on any atom is -0.350 e. The first-order chi connectivity index (χ1) is 10.6. The van der Waals surface area contributed by atoms with Gasteiger partial charge < -0.3 is 5.32 Å². The first-order valence-corrected chi connectivity index (χ1v) is 7.56. The highest BCUT2D eigenvalue weighted by Gasteiger charge is 2.17.